The van der Waals surface area contributed by atoms with E-state index in [1.807, 2.05) is 0 Å². The molecule has 0 aliphatic heterocycles. The van der Waals surface area contributed by atoms with Gasteiger partial charge in [0.25, 0.3) is 0 Å². The first-order chi connectivity index (χ1) is 8.09. The maximum atomic E-state index is 13.5. The summed E-state index contributed by atoms with van der Waals surface area (Å²) in [5, 5.41) is 2.45. The summed E-state index contributed by atoms with van der Waals surface area (Å²) in [4.78, 5) is 0. The lowest BCUT2D eigenvalue weighted by molar-refractivity contribution is 0.589. The van der Waals surface area contributed by atoms with Gasteiger partial charge in [-0.3, -0.25) is 0 Å². The number of rotatable bonds is 2. The standard InChI is InChI=1S/C13H10F3N/c1-8-4-2-5-9(14)12(8)17-13-10(15)6-3-7-11(13)16/h2-7,17H,1H3. The monoisotopic (exact) mass is 237 g/mol. The van der Waals surface area contributed by atoms with Gasteiger partial charge in [0.2, 0.25) is 0 Å². The molecule has 0 unspecified atom stereocenters. The third kappa shape index (κ3) is 2.25. The van der Waals surface area contributed by atoms with Crippen LogP contribution in [0.3, 0.4) is 0 Å². The smallest absolute Gasteiger partial charge is 0.149 e. The van der Waals surface area contributed by atoms with Crippen LogP contribution in [0, 0.1) is 24.4 Å². The minimum Gasteiger partial charge on any atom is -0.348 e. The van der Waals surface area contributed by atoms with Gasteiger partial charge in [-0.2, -0.15) is 0 Å². The van der Waals surface area contributed by atoms with Crippen LogP contribution < -0.4 is 5.32 Å². The Morgan fingerprint density at radius 2 is 1.24 bits per heavy atom. The zero-order valence-corrected chi connectivity index (χ0v) is 9.10. The zero-order valence-electron chi connectivity index (χ0n) is 9.10. The third-order valence-corrected chi connectivity index (χ3v) is 2.43. The van der Waals surface area contributed by atoms with Crippen molar-refractivity contribution in [3.05, 3.63) is 59.4 Å². The van der Waals surface area contributed by atoms with E-state index in [2.05, 4.69) is 5.32 Å². The molecule has 0 heterocycles. The Kier molecular flexibility index (Phi) is 3.04. The van der Waals surface area contributed by atoms with Gasteiger partial charge >= 0.3 is 0 Å². The van der Waals surface area contributed by atoms with Crippen molar-refractivity contribution in [2.45, 2.75) is 6.92 Å². The molecular formula is C13H10F3N. The third-order valence-electron chi connectivity index (χ3n) is 2.43. The van der Waals surface area contributed by atoms with E-state index in [0.29, 0.717) is 5.56 Å². The van der Waals surface area contributed by atoms with Gasteiger partial charge in [-0.25, -0.2) is 13.2 Å². The van der Waals surface area contributed by atoms with Crippen LogP contribution in [0.1, 0.15) is 5.56 Å². The molecule has 0 spiro atoms. The minimum absolute atomic E-state index is 0.0801. The van der Waals surface area contributed by atoms with Gasteiger partial charge in [0.05, 0.1) is 5.69 Å². The van der Waals surface area contributed by atoms with Crippen LogP contribution in [0.4, 0.5) is 24.5 Å². The Hall–Kier alpha value is -1.97. The summed E-state index contributed by atoms with van der Waals surface area (Å²) in [5.41, 5.74) is 0.310. The number of benzene rings is 2. The first-order valence-electron chi connectivity index (χ1n) is 5.05. The molecule has 0 bridgehead atoms. The van der Waals surface area contributed by atoms with E-state index >= 15 is 0 Å². The number of halogens is 3. The fourth-order valence-electron chi connectivity index (χ4n) is 1.53. The largest absolute Gasteiger partial charge is 0.348 e. The maximum absolute atomic E-state index is 13.5. The van der Waals surface area contributed by atoms with Crippen LogP contribution in [0.15, 0.2) is 36.4 Å². The quantitative estimate of drug-likeness (QED) is 0.827. The summed E-state index contributed by atoms with van der Waals surface area (Å²) in [6.07, 6.45) is 0. The van der Waals surface area contributed by atoms with Crippen molar-refractivity contribution in [1.29, 1.82) is 0 Å². The number of hydrogen-bond donors (Lipinski definition) is 1. The minimum atomic E-state index is -0.757. The summed E-state index contributed by atoms with van der Waals surface area (Å²) in [6, 6.07) is 7.90. The molecule has 0 radical (unpaired) electrons. The van der Waals surface area contributed by atoms with Gasteiger partial charge < -0.3 is 5.32 Å². The van der Waals surface area contributed by atoms with Crippen LogP contribution in [-0.2, 0) is 0 Å². The molecular weight excluding hydrogens is 227 g/mol. The molecule has 0 fully saturated rings. The fraction of sp³-hybridized carbons (Fsp3) is 0.0769. The Morgan fingerprint density at radius 3 is 1.76 bits per heavy atom. The van der Waals surface area contributed by atoms with Gasteiger partial charge in [0.1, 0.15) is 23.1 Å². The SMILES string of the molecule is Cc1cccc(F)c1Nc1c(F)cccc1F. The Labute approximate surface area is 96.9 Å². The van der Waals surface area contributed by atoms with Crippen LogP contribution in [0.5, 0.6) is 0 Å². The van der Waals surface area contributed by atoms with E-state index < -0.39 is 17.5 Å². The lowest BCUT2D eigenvalue weighted by Gasteiger charge is -2.11. The summed E-state index contributed by atoms with van der Waals surface area (Å²) in [6.45, 7) is 1.66. The molecule has 2 aromatic carbocycles. The van der Waals surface area contributed by atoms with Crippen molar-refractivity contribution in [2.75, 3.05) is 5.32 Å². The Balaban J connectivity index is 2.45. The van der Waals surface area contributed by atoms with E-state index in [0.717, 1.165) is 12.1 Å². The number of hydrogen-bond acceptors (Lipinski definition) is 1. The summed E-state index contributed by atoms with van der Waals surface area (Å²) in [5.74, 6) is -2.06. The van der Waals surface area contributed by atoms with Crippen molar-refractivity contribution >= 4 is 11.4 Å². The van der Waals surface area contributed by atoms with Crippen LogP contribution in [-0.4, -0.2) is 0 Å². The molecule has 0 aromatic heterocycles. The number of anilines is 2. The second-order valence-electron chi connectivity index (χ2n) is 3.65. The van der Waals surface area contributed by atoms with Crippen LogP contribution >= 0.6 is 0 Å². The Bertz CT molecular complexity index is 462. The summed E-state index contributed by atoms with van der Waals surface area (Å²) < 4.78 is 40.2. The van der Waals surface area contributed by atoms with E-state index in [-0.39, 0.29) is 11.4 Å². The lowest BCUT2D eigenvalue weighted by atomic mass is 10.2. The molecule has 1 N–H and O–H groups in total. The molecule has 0 aliphatic rings. The zero-order chi connectivity index (χ0) is 12.4. The lowest BCUT2D eigenvalue weighted by Crippen LogP contribution is -2.01. The van der Waals surface area contributed by atoms with Crippen molar-refractivity contribution in [1.82, 2.24) is 0 Å². The molecule has 0 saturated heterocycles. The van der Waals surface area contributed by atoms with E-state index in [1.54, 1.807) is 13.0 Å². The topological polar surface area (TPSA) is 12.0 Å². The number of para-hydroxylation sites is 2. The second-order valence-corrected chi connectivity index (χ2v) is 3.65. The molecule has 0 aliphatic carbocycles. The molecule has 2 aromatic rings. The molecule has 0 amide bonds. The van der Waals surface area contributed by atoms with Gasteiger partial charge in [-0.1, -0.05) is 18.2 Å². The highest BCUT2D eigenvalue weighted by molar-refractivity contribution is 5.64. The average molecular weight is 237 g/mol. The summed E-state index contributed by atoms with van der Waals surface area (Å²) >= 11 is 0. The normalized spacial score (nSPS) is 10.4. The van der Waals surface area contributed by atoms with Crippen molar-refractivity contribution < 1.29 is 13.2 Å². The molecule has 4 heteroatoms. The van der Waals surface area contributed by atoms with E-state index in [9.17, 15) is 13.2 Å². The predicted molar refractivity (Wildman–Crippen MR) is 60.8 cm³/mol. The summed E-state index contributed by atoms with van der Waals surface area (Å²) in [7, 11) is 0. The fourth-order valence-corrected chi connectivity index (χ4v) is 1.53. The average Bonchev–Trinajstić information content (AvgIpc) is 2.27. The molecule has 1 nitrogen and oxygen atoms in total. The highest BCUT2D eigenvalue weighted by atomic mass is 19.1. The van der Waals surface area contributed by atoms with Crippen molar-refractivity contribution in [2.24, 2.45) is 0 Å². The van der Waals surface area contributed by atoms with Gasteiger partial charge in [-0.05, 0) is 30.7 Å². The van der Waals surface area contributed by atoms with E-state index in [4.69, 9.17) is 0 Å². The highest BCUT2D eigenvalue weighted by Crippen LogP contribution is 2.27. The van der Waals surface area contributed by atoms with Crippen LogP contribution in [0.2, 0.25) is 0 Å². The maximum Gasteiger partial charge on any atom is 0.149 e. The van der Waals surface area contributed by atoms with Crippen LogP contribution in [0.25, 0.3) is 0 Å². The van der Waals surface area contributed by atoms with Gasteiger partial charge in [-0.15, -0.1) is 0 Å². The first-order valence-corrected chi connectivity index (χ1v) is 5.05. The van der Waals surface area contributed by atoms with Crippen molar-refractivity contribution in [3.63, 3.8) is 0 Å². The van der Waals surface area contributed by atoms with Gasteiger partial charge in [0, 0.05) is 0 Å². The molecule has 0 saturated carbocycles. The van der Waals surface area contributed by atoms with Gasteiger partial charge in [0.15, 0.2) is 0 Å². The number of nitrogens with one attached hydrogen (secondary N) is 1. The molecule has 17 heavy (non-hydrogen) atoms. The Morgan fingerprint density at radius 1 is 0.765 bits per heavy atom. The number of aryl methyl sites for hydroxylation is 1. The molecule has 2 rings (SSSR count). The molecule has 0 atom stereocenters. The predicted octanol–water partition coefficient (Wildman–Crippen LogP) is 4.16. The van der Waals surface area contributed by atoms with E-state index in [1.165, 1.54) is 18.2 Å². The van der Waals surface area contributed by atoms with Crippen molar-refractivity contribution in [3.8, 4) is 0 Å². The molecule has 88 valence electrons. The highest BCUT2D eigenvalue weighted by Gasteiger charge is 2.12. The second kappa shape index (κ2) is 4.49. The first kappa shape index (κ1) is 11.5.